The summed E-state index contributed by atoms with van der Waals surface area (Å²) >= 11 is -0.130. The zero-order valence-electron chi connectivity index (χ0n) is 8.16. The fourth-order valence-electron chi connectivity index (χ4n) is 1.38. The van der Waals surface area contributed by atoms with Gasteiger partial charge in [0.2, 0.25) is 0 Å². The van der Waals surface area contributed by atoms with Gasteiger partial charge in [-0.1, -0.05) is 12.1 Å². The van der Waals surface area contributed by atoms with Crippen molar-refractivity contribution in [2.75, 3.05) is 13.2 Å². The molecule has 16 heavy (non-hydrogen) atoms. The predicted octanol–water partition coefficient (Wildman–Crippen LogP) is 3.34. The SMILES string of the molecule is FC(F)(F)Sc1ccc(C2OCCO2)cc1. The first-order valence-corrected chi connectivity index (χ1v) is 5.45. The summed E-state index contributed by atoms with van der Waals surface area (Å²) in [4.78, 5) is 0.161. The summed E-state index contributed by atoms with van der Waals surface area (Å²) in [5.41, 5.74) is -3.51. The molecule has 0 unspecified atom stereocenters. The average molecular weight is 250 g/mol. The molecule has 0 saturated carbocycles. The standard InChI is InChI=1S/C10H9F3O2S/c11-10(12,13)16-8-3-1-7(2-4-8)9-14-5-6-15-9/h1-4,9H,5-6H2. The Morgan fingerprint density at radius 1 is 1.06 bits per heavy atom. The van der Waals surface area contributed by atoms with Crippen LogP contribution in [0.4, 0.5) is 13.2 Å². The highest BCUT2D eigenvalue weighted by Crippen LogP contribution is 2.37. The Hall–Kier alpha value is -0.720. The zero-order chi connectivity index (χ0) is 11.6. The molecule has 1 aliphatic rings. The van der Waals surface area contributed by atoms with Crippen molar-refractivity contribution in [1.82, 2.24) is 0 Å². The van der Waals surface area contributed by atoms with E-state index in [1.54, 1.807) is 12.1 Å². The van der Waals surface area contributed by atoms with Gasteiger partial charge in [-0.3, -0.25) is 0 Å². The first-order chi connectivity index (χ1) is 7.54. The van der Waals surface area contributed by atoms with Crippen molar-refractivity contribution in [3.63, 3.8) is 0 Å². The van der Waals surface area contributed by atoms with Crippen LogP contribution in [-0.4, -0.2) is 18.7 Å². The molecule has 2 nitrogen and oxygen atoms in total. The highest BCUT2D eigenvalue weighted by molar-refractivity contribution is 8.00. The molecule has 1 heterocycles. The van der Waals surface area contributed by atoms with Crippen LogP contribution in [0.2, 0.25) is 0 Å². The molecule has 0 radical (unpaired) electrons. The molecule has 1 aliphatic heterocycles. The highest BCUT2D eigenvalue weighted by atomic mass is 32.2. The van der Waals surface area contributed by atoms with Crippen molar-refractivity contribution in [3.05, 3.63) is 29.8 Å². The summed E-state index contributed by atoms with van der Waals surface area (Å²) < 4.78 is 46.6. The smallest absolute Gasteiger partial charge is 0.346 e. The first kappa shape index (κ1) is 11.8. The molecule has 1 fully saturated rings. The largest absolute Gasteiger partial charge is 0.446 e. The second-order valence-corrected chi connectivity index (χ2v) is 4.33. The topological polar surface area (TPSA) is 18.5 Å². The Morgan fingerprint density at radius 3 is 2.12 bits per heavy atom. The minimum atomic E-state index is -4.25. The lowest BCUT2D eigenvalue weighted by Crippen LogP contribution is -2.00. The Bertz CT molecular complexity index is 344. The van der Waals surface area contributed by atoms with Crippen molar-refractivity contribution in [2.45, 2.75) is 16.7 Å². The van der Waals surface area contributed by atoms with Crippen LogP contribution >= 0.6 is 11.8 Å². The van der Waals surface area contributed by atoms with Crippen molar-refractivity contribution in [3.8, 4) is 0 Å². The molecule has 0 atom stereocenters. The second-order valence-electron chi connectivity index (χ2n) is 3.19. The number of thioether (sulfide) groups is 1. The molecule has 0 amide bonds. The van der Waals surface area contributed by atoms with Gasteiger partial charge in [-0.15, -0.1) is 0 Å². The van der Waals surface area contributed by atoms with Crippen LogP contribution in [0.15, 0.2) is 29.2 Å². The number of rotatable bonds is 2. The van der Waals surface area contributed by atoms with Crippen LogP contribution in [0, 0.1) is 0 Å². The number of halogens is 3. The molecule has 1 saturated heterocycles. The maximum Gasteiger partial charge on any atom is 0.446 e. The molecule has 0 aromatic heterocycles. The van der Waals surface area contributed by atoms with E-state index in [-0.39, 0.29) is 16.7 Å². The first-order valence-electron chi connectivity index (χ1n) is 4.63. The molecule has 1 aromatic carbocycles. The maximum absolute atomic E-state index is 12.1. The van der Waals surface area contributed by atoms with Crippen LogP contribution in [0.25, 0.3) is 0 Å². The van der Waals surface area contributed by atoms with Gasteiger partial charge in [0.25, 0.3) is 0 Å². The minimum absolute atomic E-state index is 0.130. The quantitative estimate of drug-likeness (QED) is 0.750. The van der Waals surface area contributed by atoms with Crippen LogP contribution in [-0.2, 0) is 9.47 Å². The molecule has 1 aromatic rings. The van der Waals surface area contributed by atoms with E-state index in [0.717, 1.165) is 5.56 Å². The minimum Gasteiger partial charge on any atom is -0.346 e. The summed E-state index contributed by atoms with van der Waals surface area (Å²) in [5.74, 6) is 0. The second kappa shape index (κ2) is 4.65. The Balaban J connectivity index is 2.04. The van der Waals surface area contributed by atoms with E-state index in [1.165, 1.54) is 12.1 Å². The Kier molecular flexibility index (Phi) is 3.41. The fourth-order valence-corrected chi connectivity index (χ4v) is 1.92. The molecular weight excluding hydrogens is 241 g/mol. The van der Waals surface area contributed by atoms with E-state index >= 15 is 0 Å². The van der Waals surface area contributed by atoms with E-state index in [1.807, 2.05) is 0 Å². The molecule has 0 bridgehead atoms. The van der Waals surface area contributed by atoms with E-state index < -0.39 is 11.8 Å². The fraction of sp³-hybridized carbons (Fsp3) is 0.400. The number of ether oxygens (including phenoxy) is 2. The van der Waals surface area contributed by atoms with Gasteiger partial charge < -0.3 is 9.47 Å². The molecule has 0 N–H and O–H groups in total. The highest BCUT2D eigenvalue weighted by Gasteiger charge is 2.29. The summed E-state index contributed by atoms with van der Waals surface area (Å²) in [6.45, 7) is 1.04. The van der Waals surface area contributed by atoms with Gasteiger partial charge >= 0.3 is 5.51 Å². The normalized spacial score (nSPS) is 17.9. The monoisotopic (exact) mass is 250 g/mol. The van der Waals surface area contributed by atoms with Crippen LogP contribution in [0.5, 0.6) is 0 Å². The zero-order valence-corrected chi connectivity index (χ0v) is 8.98. The third kappa shape index (κ3) is 3.13. The van der Waals surface area contributed by atoms with Crippen molar-refractivity contribution in [1.29, 1.82) is 0 Å². The van der Waals surface area contributed by atoms with Crippen molar-refractivity contribution < 1.29 is 22.6 Å². The molecule has 2 rings (SSSR count). The Labute approximate surface area is 94.7 Å². The van der Waals surface area contributed by atoms with Crippen molar-refractivity contribution >= 4 is 11.8 Å². The lowest BCUT2D eigenvalue weighted by atomic mass is 10.2. The van der Waals surface area contributed by atoms with E-state index in [0.29, 0.717) is 13.2 Å². The Morgan fingerprint density at radius 2 is 1.62 bits per heavy atom. The number of hydrogen-bond acceptors (Lipinski definition) is 3. The molecule has 0 aliphatic carbocycles. The lowest BCUT2D eigenvalue weighted by molar-refractivity contribution is -0.0441. The maximum atomic E-state index is 12.1. The van der Waals surface area contributed by atoms with Gasteiger partial charge in [0.05, 0.1) is 13.2 Å². The van der Waals surface area contributed by atoms with Gasteiger partial charge in [0.15, 0.2) is 6.29 Å². The molecule has 6 heteroatoms. The predicted molar refractivity (Wildman–Crippen MR) is 53.0 cm³/mol. The molecule has 0 spiro atoms. The number of alkyl halides is 3. The third-order valence-electron chi connectivity index (χ3n) is 2.01. The van der Waals surface area contributed by atoms with Gasteiger partial charge in [-0.2, -0.15) is 13.2 Å². The third-order valence-corrected chi connectivity index (χ3v) is 2.75. The lowest BCUT2D eigenvalue weighted by Gasteiger charge is -2.10. The van der Waals surface area contributed by atoms with Gasteiger partial charge in [-0.25, -0.2) is 0 Å². The summed E-state index contributed by atoms with van der Waals surface area (Å²) in [6, 6.07) is 6.01. The summed E-state index contributed by atoms with van der Waals surface area (Å²) in [5, 5.41) is 0. The summed E-state index contributed by atoms with van der Waals surface area (Å²) in [6.07, 6.45) is -0.440. The molecule has 88 valence electrons. The summed E-state index contributed by atoms with van der Waals surface area (Å²) in [7, 11) is 0. The molecular formula is C10H9F3O2S. The van der Waals surface area contributed by atoms with Crippen molar-refractivity contribution in [2.24, 2.45) is 0 Å². The van der Waals surface area contributed by atoms with Gasteiger partial charge in [-0.05, 0) is 23.9 Å². The van der Waals surface area contributed by atoms with E-state index in [2.05, 4.69) is 0 Å². The van der Waals surface area contributed by atoms with Gasteiger partial charge in [0.1, 0.15) is 0 Å². The van der Waals surface area contributed by atoms with E-state index in [4.69, 9.17) is 9.47 Å². The van der Waals surface area contributed by atoms with Crippen LogP contribution < -0.4 is 0 Å². The number of benzene rings is 1. The number of hydrogen-bond donors (Lipinski definition) is 0. The van der Waals surface area contributed by atoms with Gasteiger partial charge in [0, 0.05) is 10.5 Å². The van der Waals surface area contributed by atoms with Crippen LogP contribution in [0.3, 0.4) is 0 Å². The average Bonchev–Trinajstić information content (AvgIpc) is 2.69. The van der Waals surface area contributed by atoms with Crippen LogP contribution in [0.1, 0.15) is 11.9 Å². The van der Waals surface area contributed by atoms with E-state index in [9.17, 15) is 13.2 Å².